The molecule has 1 unspecified atom stereocenters. The Hall–Kier alpha value is -0.770. The fourth-order valence-electron chi connectivity index (χ4n) is 1.37. The number of nitrogens with one attached hydrogen (secondary N) is 1. The summed E-state index contributed by atoms with van der Waals surface area (Å²) in [5.41, 5.74) is 0. The van der Waals surface area contributed by atoms with E-state index in [9.17, 15) is 4.79 Å². The minimum Gasteiger partial charge on any atom is -0.448 e. The minimum absolute atomic E-state index is 0.257. The van der Waals surface area contributed by atoms with Crippen molar-refractivity contribution in [3.05, 3.63) is 0 Å². The van der Waals surface area contributed by atoms with Crippen molar-refractivity contribution >= 4 is 6.09 Å². The molecule has 0 aliphatic carbocycles. The Morgan fingerprint density at radius 2 is 2.31 bits per heavy atom. The van der Waals surface area contributed by atoms with Crippen LogP contribution < -0.4 is 5.32 Å². The molecule has 1 aliphatic heterocycles. The first-order chi connectivity index (χ1) is 6.20. The predicted molar refractivity (Wildman–Crippen MR) is 50.7 cm³/mol. The quantitative estimate of drug-likeness (QED) is 0.694. The number of carbonyl (C=O) groups excluding carboxylic acids is 1. The molecule has 76 valence electrons. The molecule has 1 atom stereocenters. The highest BCUT2D eigenvalue weighted by Crippen LogP contribution is 2.07. The third-order valence-corrected chi connectivity index (χ3v) is 2.19. The zero-order chi connectivity index (χ0) is 9.68. The highest BCUT2D eigenvalue weighted by atomic mass is 16.6. The molecule has 1 fully saturated rings. The summed E-state index contributed by atoms with van der Waals surface area (Å²) in [6, 6.07) is 0.359. The third-order valence-electron chi connectivity index (χ3n) is 2.19. The van der Waals surface area contributed by atoms with E-state index in [4.69, 9.17) is 4.74 Å². The van der Waals surface area contributed by atoms with Gasteiger partial charge in [-0.05, 0) is 19.4 Å². The lowest BCUT2D eigenvalue weighted by molar-refractivity contribution is 0.103. The maximum absolute atomic E-state index is 11.1. The van der Waals surface area contributed by atoms with Crippen LogP contribution in [0.3, 0.4) is 0 Å². The average Bonchev–Trinajstić information content (AvgIpc) is 2.15. The van der Waals surface area contributed by atoms with Crippen molar-refractivity contribution in [2.24, 2.45) is 0 Å². The van der Waals surface area contributed by atoms with Gasteiger partial charge < -0.3 is 15.0 Å². The van der Waals surface area contributed by atoms with Crippen molar-refractivity contribution in [2.45, 2.75) is 25.3 Å². The van der Waals surface area contributed by atoms with Gasteiger partial charge in [0.1, 0.15) is 6.61 Å². The van der Waals surface area contributed by atoms with Gasteiger partial charge in [-0.15, -0.1) is 0 Å². The number of hydrogen-bond donors (Lipinski definition) is 1. The van der Waals surface area contributed by atoms with E-state index in [1.54, 1.807) is 14.1 Å². The number of amides is 1. The van der Waals surface area contributed by atoms with E-state index in [-0.39, 0.29) is 6.09 Å². The lowest BCUT2D eigenvalue weighted by atomic mass is 10.1. The van der Waals surface area contributed by atoms with Crippen LogP contribution in [0.4, 0.5) is 4.79 Å². The molecule has 0 aromatic carbocycles. The zero-order valence-corrected chi connectivity index (χ0v) is 8.38. The maximum Gasteiger partial charge on any atom is 0.409 e. The van der Waals surface area contributed by atoms with Crippen molar-refractivity contribution in [2.75, 3.05) is 27.2 Å². The molecule has 0 saturated carbocycles. The number of carbonyl (C=O) groups is 1. The van der Waals surface area contributed by atoms with Crippen molar-refractivity contribution in [3.63, 3.8) is 0 Å². The molecule has 1 N–H and O–H groups in total. The van der Waals surface area contributed by atoms with Gasteiger partial charge in [0.15, 0.2) is 0 Å². The van der Waals surface area contributed by atoms with Gasteiger partial charge in [-0.25, -0.2) is 4.79 Å². The molecule has 0 bridgehead atoms. The number of hydrogen-bond acceptors (Lipinski definition) is 3. The SMILES string of the molecule is CN(C)C(=O)OCC1CCCCN1. The summed E-state index contributed by atoms with van der Waals surface area (Å²) in [7, 11) is 3.38. The second kappa shape index (κ2) is 5.07. The fraction of sp³-hybridized carbons (Fsp3) is 0.889. The summed E-state index contributed by atoms with van der Waals surface area (Å²) in [6.45, 7) is 1.54. The van der Waals surface area contributed by atoms with E-state index in [0.29, 0.717) is 12.6 Å². The number of rotatable bonds is 2. The van der Waals surface area contributed by atoms with E-state index < -0.39 is 0 Å². The average molecular weight is 186 g/mol. The van der Waals surface area contributed by atoms with E-state index >= 15 is 0 Å². The molecule has 4 heteroatoms. The van der Waals surface area contributed by atoms with Gasteiger partial charge in [0.2, 0.25) is 0 Å². The number of piperidine rings is 1. The van der Waals surface area contributed by atoms with Gasteiger partial charge in [-0.3, -0.25) is 0 Å². The molecule has 0 radical (unpaired) electrons. The van der Waals surface area contributed by atoms with E-state index in [0.717, 1.165) is 13.0 Å². The van der Waals surface area contributed by atoms with Gasteiger partial charge in [0.05, 0.1) is 0 Å². The van der Waals surface area contributed by atoms with Gasteiger partial charge >= 0.3 is 6.09 Å². The second-order valence-corrected chi connectivity index (χ2v) is 3.62. The summed E-state index contributed by atoms with van der Waals surface area (Å²) in [5, 5.41) is 3.32. The van der Waals surface area contributed by atoms with Gasteiger partial charge in [-0.2, -0.15) is 0 Å². The molecule has 0 spiro atoms. The summed E-state index contributed by atoms with van der Waals surface area (Å²) in [5.74, 6) is 0. The molecule has 0 aromatic heterocycles. The van der Waals surface area contributed by atoms with E-state index in [1.807, 2.05) is 0 Å². The molecular formula is C9H18N2O2. The summed E-state index contributed by atoms with van der Waals surface area (Å²) >= 11 is 0. The van der Waals surface area contributed by atoms with Gasteiger partial charge in [0, 0.05) is 20.1 Å². The molecule has 1 amide bonds. The molecule has 1 heterocycles. The summed E-state index contributed by atoms with van der Waals surface area (Å²) in [4.78, 5) is 12.5. The topological polar surface area (TPSA) is 41.6 Å². The van der Waals surface area contributed by atoms with Crippen LogP contribution in [0, 0.1) is 0 Å². The molecule has 1 rings (SSSR count). The molecule has 0 aromatic rings. The van der Waals surface area contributed by atoms with Crippen LogP contribution in [0.2, 0.25) is 0 Å². The third kappa shape index (κ3) is 3.63. The molecule has 4 nitrogen and oxygen atoms in total. The van der Waals surface area contributed by atoms with Crippen LogP contribution in [0.1, 0.15) is 19.3 Å². The van der Waals surface area contributed by atoms with E-state index in [2.05, 4.69) is 5.32 Å². The standard InChI is InChI=1S/C9H18N2O2/c1-11(2)9(12)13-7-8-5-3-4-6-10-8/h8,10H,3-7H2,1-2H3. The Labute approximate surface area is 79.2 Å². The van der Waals surface area contributed by atoms with Crippen LogP contribution in [0.15, 0.2) is 0 Å². The van der Waals surface area contributed by atoms with Crippen LogP contribution in [-0.2, 0) is 4.74 Å². The number of ether oxygens (including phenoxy) is 1. The van der Waals surface area contributed by atoms with Gasteiger partial charge in [-0.1, -0.05) is 6.42 Å². The molecule has 1 saturated heterocycles. The normalized spacial score (nSPS) is 22.5. The highest BCUT2D eigenvalue weighted by molar-refractivity contribution is 5.66. The molecule has 1 aliphatic rings. The summed E-state index contributed by atoms with van der Waals surface area (Å²) < 4.78 is 5.07. The molecule has 13 heavy (non-hydrogen) atoms. The van der Waals surface area contributed by atoms with Crippen molar-refractivity contribution < 1.29 is 9.53 Å². The van der Waals surface area contributed by atoms with Crippen LogP contribution >= 0.6 is 0 Å². The van der Waals surface area contributed by atoms with Crippen LogP contribution in [-0.4, -0.2) is 44.3 Å². The zero-order valence-electron chi connectivity index (χ0n) is 8.38. The van der Waals surface area contributed by atoms with Gasteiger partial charge in [0.25, 0.3) is 0 Å². The summed E-state index contributed by atoms with van der Waals surface area (Å²) in [6.07, 6.45) is 3.32. The Balaban J connectivity index is 2.13. The van der Waals surface area contributed by atoms with Crippen molar-refractivity contribution in [1.82, 2.24) is 10.2 Å². The lowest BCUT2D eigenvalue weighted by Crippen LogP contribution is -2.39. The maximum atomic E-state index is 11.1. The Bertz CT molecular complexity index is 165. The minimum atomic E-state index is -0.257. The van der Waals surface area contributed by atoms with Crippen LogP contribution in [0.5, 0.6) is 0 Å². The number of nitrogens with zero attached hydrogens (tertiary/aromatic N) is 1. The first-order valence-electron chi connectivity index (χ1n) is 4.77. The van der Waals surface area contributed by atoms with Crippen LogP contribution in [0.25, 0.3) is 0 Å². The monoisotopic (exact) mass is 186 g/mol. The van der Waals surface area contributed by atoms with Crippen molar-refractivity contribution in [1.29, 1.82) is 0 Å². The Morgan fingerprint density at radius 3 is 2.85 bits per heavy atom. The van der Waals surface area contributed by atoms with Crippen molar-refractivity contribution in [3.8, 4) is 0 Å². The Morgan fingerprint density at radius 1 is 1.54 bits per heavy atom. The first kappa shape index (κ1) is 10.3. The Kier molecular flexibility index (Phi) is 4.02. The second-order valence-electron chi connectivity index (χ2n) is 3.62. The van der Waals surface area contributed by atoms with E-state index in [1.165, 1.54) is 17.7 Å². The fourth-order valence-corrected chi connectivity index (χ4v) is 1.37. The highest BCUT2D eigenvalue weighted by Gasteiger charge is 2.14. The molecular weight excluding hydrogens is 168 g/mol. The smallest absolute Gasteiger partial charge is 0.409 e. The predicted octanol–water partition coefficient (Wildman–Crippen LogP) is 0.827. The lowest BCUT2D eigenvalue weighted by Gasteiger charge is -2.23. The largest absolute Gasteiger partial charge is 0.448 e. The first-order valence-corrected chi connectivity index (χ1v) is 4.77.